The van der Waals surface area contributed by atoms with Crippen LogP contribution in [-0.2, 0) is 9.59 Å². The molecule has 0 spiro atoms. The molecule has 0 aliphatic rings. The SMILES string of the molecule is CCN(C(=O)NC)C(=O)C([C]=O)=Cc1ccccc1. The Kier molecular flexibility index (Phi) is 5.47. The van der Waals surface area contributed by atoms with Crippen LogP contribution >= 0.6 is 0 Å². The Balaban J connectivity index is 3.03. The minimum absolute atomic E-state index is 0.173. The lowest BCUT2D eigenvalue weighted by Crippen LogP contribution is -2.43. The Morgan fingerprint density at radius 2 is 1.95 bits per heavy atom. The van der Waals surface area contributed by atoms with Gasteiger partial charge in [-0.3, -0.25) is 14.5 Å². The van der Waals surface area contributed by atoms with E-state index in [1.807, 2.05) is 6.07 Å². The summed E-state index contributed by atoms with van der Waals surface area (Å²) >= 11 is 0. The smallest absolute Gasteiger partial charge is 0.324 e. The zero-order valence-electron chi connectivity index (χ0n) is 10.8. The van der Waals surface area contributed by atoms with Crippen molar-refractivity contribution in [1.29, 1.82) is 0 Å². The summed E-state index contributed by atoms with van der Waals surface area (Å²) in [4.78, 5) is 35.4. The molecular weight excluding hydrogens is 244 g/mol. The number of nitrogens with zero attached hydrogens (tertiary/aromatic N) is 1. The number of benzene rings is 1. The Morgan fingerprint density at radius 1 is 1.32 bits per heavy atom. The van der Waals surface area contributed by atoms with Crippen LogP contribution in [0.15, 0.2) is 35.9 Å². The first-order valence-corrected chi connectivity index (χ1v) is 5.82. The molecule has 0 saturated carbocycles. The molecule has 1 radical (unpaired) electrons. The van der Waals surface area contributed by atoms with Gasteiger partial charge in [-0.15, -0.1) is 0 Å². The number of imide groups is 1. The molecule has 1 rings (SSSR count). The normalized spacial score (nSPS) is 10.7. The molecular formula is C14H15N2O3. The molecule has 0 heterocycles. The van der Waals surface area contributed by atoms with E-state index in [9.17, 15) is 14.4 Å². The molecule has 3 amide bonds. The summed E-state index contributed by atoms with van der Waals surface area (Å²) in [6, 6.07) is 8.35. The Morgan fingerprint density at radius 3 is 2.42 bits per heavy atom. The van der Waals surface area contributed by atoms with Gasteiger partial charge in [0.05, 0.1) is 5.57 Å². The maximum Gasteiger partial charge on any atom is 0.324 e. The summed E-state index contributed by atoms with van der Waals surface area (Å²) in [6.07, 6.45) is 2.99. The van der Waals surface area contributed by atoms with Crippen LogP contribution in [0.1, 0.15) is 12.5 Å². The van der Waals surface area contributed by atoms with E-state index in [1.54, 1.807) is 37.5 Å². The largest absolute Gasteiger partial charge is 0.341 e. The maximum atomic E-state index is 12.0. The van der Waals surface area contributed by atoms with Gasteiger partial charge < -0.3 is 5.32 Å². The van der Waals surface area contributed by atoms with Gasteiger partial charge in [-0.05, 0) is 18.6 Å². The number of carbonyl (C=O) groups excluding carboxylic acids is 3. The molecule has 0 bridgehead atoms. The van der Waals surface area contributed by atoms with Crippen LogP contribution in [0.5, 0.6) is 0 Å². The summed E-state index contributed by atoms with van der Waals surface area (Å²) in [7, 11) is 1.42. The lowest BCUT2D eigenvalue weighted by atomic mass is 10.1. The first-order chi connectivity index (χ1) is 9.13. The van der Waals surface area contributed by atoms with E-state index in [-0.39, 0.29) is 12.1 Å². The number of rotatable bonds is 4. The molecule has 5 heteroatoms. The van der Waals surface area contributed by atoms with E-state index in [4.69, 9.17) is 0 Å². The van der Waals surface area contributed by atoms with Crippen LogP contribution in [0.2, 0.25) is 0 Å². The highest BCUT2D eigenvalue weighted by atomic mass is 16.2. The van der Waals surface area contributed by atoms with Crippen LogP contribution in [-0.4, -0.2) is 36.7 Å². The fourth-order valence-electron chi connectivity index (χ4n) is 1.51. The lowest BCUT2D eigenvalue weighted by Gasteiger charge is -2.17. The Labute approximate surface area is 111 Å². The highest BCUT2D eigenvalue weighted by Crippen LogP contribution is 2.08. The van der Waals surface area contributed by atoms with Crippen molar-refractivity contribution in [3.8, 4) is 0 Å². The topological polar surface area (TPSA) is 66.5 Å². The van der Waals surface area contributed by atoms with Crippen molar-refractivity contribution >= 4 is 24.3 Å². The number of likely N-dealkylation sites (N-methyl/N-ethyl adjacent to an activating group) is 1. The van der Waals surface area contributed by atoms with Crippen LogP contribution in [0.25, 0.3) is 6.08 Å². The van der Waals surface area contributed by atoms with E-state index in [0.717, 1.165) is 4.90 Å². The van der Waals surface area contributed by atoms with Crippen molar-refractivity contribution in [3.05, 3.63) is 41.5 Å². The number of urea groups is 1. The van der Waals surface area contributed by atoms with E-state index < -0.39 is 11.9 Å². The minimum atomic E-state index is -0.666. The van der Waals surface area contributed by atoms with E-state index in [1.165, 1.54) is 13.1 Å². The number of nitrogens with one attached hydrogen (secondary N) is 1. The van der Waals surface area contributed by atoms with Gasteiger partial charge in [0.2, 0.25) is 6.29 Å². The number of hydrogen-bond donors (Lipinski definition) is 1. The third-order valence-electron chi connectivity index (χ3n) is 2.47. The second-order valence-corrected chi connectivity index (χ2v) is 3.68. The molecule has 0 aromatic heterocycles. The molecule has 5 nitrogen and oxygen atoms in total. The molecule has 1 N–H and O–H groups in total. The fraction of sp³-hybridized carbons (Fsp3) is 0.214. The summed E-state index contributed by atoms with van der Waals surface area (Å²) < 4.78 is 0. The highest BCUT2D eigenvalue weighted by molar-refractivity contribution is 6.18. The molecule has 99 valence electrons. The van der Waals surface area contributed by atoms with Crippen LogP contribution < -0.4 is 5.32 Å². The van der Waals surface area contributed by atoms with E-state index in [0.29, 0.717) is 5.56 Å². The number of carbonyl (C=O) groups is 2. The molecule has 0 saturated heterocycles. The van der Waals surface area contributed by atoms with Gasteiger partial charge in [0, 0.05) is 13.6 Å². The van der Waals surface area contributed by atoms with Crippen LogP contribution in [0, 0.1) is 0 Å². The Bertz CT molecular complexity index is 495. The summed E-state index contributed by atoms with van der Waals surface area (Å²) in [5.74, 6) is -0.666. The van der Waals surface area contributed by atoms with Gasteiger partial charge in [-0.2, -0.15) is 0 Å². The molecule has 0 unspecified atom stereocenters. The zero-order chi connectivity index (χ0) is 14.3. The van der Waals surface area contributed by atoms with Gasteiger partial charge in [-0.1, -0.05) is 30.3 Å². The van der Waals surface area contributed by atoms with Crippen LogP contribution in [0.3, 0.4) is 0 Å². The molecule has 1 aromatic rings. The summed E-state index contributed by atoms with van der Waals surface area (Å²) in [5.41, 5.74) is 0.513. The third-order valence-corrected chi connectivity index (χ3v) is 2.47. The molecule has 0 atom stereocenters. The minimum Gasteiger partial charge on any atom is -0.341 e. The second-order valence-electron chi connectivity index (χ2n) is 3.68. The van der Waals surface area contributed by atoms with Gasteiger partial charge >= 0.3 is 6.03 Å². The van der Waals surface area contributed by atoms with Crippen molar-refractivity contribution in [1.82, 2.24) is 10.2 Å². The molecule has 19 heavy (non-hydrogen) atoms. The molecule has 0 aliphatic carbocycles. The van der Waals surface area contributed by atoms with Crippen molar-refractivity contribution in [2.75, 3.05) is 13.6 Å². The average molecular weight is 259 g/mol. The van der Waals surface area contributed by atoms with Gasteiger partial charge in [0.1, 0.15) is 0 Å². The summed E-state index contributed by atoms with van der Waals surface area (Å²) in [6.45, 7) is 1.82. The third kappa shape index (κ3) is 3.77. The predicted octanol–water partition coefficient (Wildman–Crippen LogP) is 1.37. The zero-order valence-corrected chi connectivity index (χ0v) is 10.8. The van der Waals surface area contributed by atoms with Crippen molar-refractivity contribution in [3.63, 3.8) is 0 Å². The fourth-order valence-corrected chi connectivity index (χ4v) is 1.51. The second kappa shape index (κ2) is 7.10. The van der Waals surface area contributed by atoms with Crippen molar-refractivity contribution in [2.24, 2.45) is 0 Å². The maximum absolute atomic E-state index is 12.0. The summed E-state index contributed by atoms with van der Waals surface area (Å²) in [5, 5.41) is 2.35. The van der Waals surface area contributed by atoms with Crippen molar-refractivity contribution in [2.45, 2.75) is 6.92 Å². The van der Waals surface area contributed by atoms with E-state index >= 15 is 0 Å². The number of hydrogen-bond acceptors (Lipinski definition) is 3. The first kappa shape index (κ1) is 14.6. The lowest BCUT2D eigenvalue weighted by molar-refractivity contribution is -0.123. The quantitative estimate of drug-likeness (QED) is 0.504. The first-order valence-electron chi connectivity index (χ1n) is 5.82. The monoisotopic (exact) mass is 259 g/mol. The van der Waals surface area contributed by atoms with Crippen LogP contribution in [0.4, 0.5) is 4.79 Å². The van der Waals surface area contributed by atoms with E-state index in [2.05, 4.69) is 5.32 Å². The molecule has 0 aliphatic heterocycles. The Hall–Kier alpha value is -2.43. The molecule has 1 aromatic carbocycles. The highest BCUT2D eigenvalue weighted by Gasteiger charge is 2.22. The van der Waals surface area contributed by atoms with Gasteiger partial charge in [0.25, 0.3) is 5.91 Å². The molecule has 0 fully saturated rings. The van der Waals surface area contributed by atoms with Crippen molar-refractivity contribution < 1.29 is 14.4 Å². The number of amides is 3. The predicted molar refractivity (Wildman–Crippen MR) is 72.0 cm³/mol. The standard InChI is InChI=1S/C14H15N2O3/c1-3-16(14(19)15-2)13(18)12(10-17)9-11-7-5-4-6-8-11/h4-9H,3H2,1-2H3,(H,15,19). The van der Waals surface area contributed by atoms with Gasteiger partial charge in [-0.25, -0.2) is 4.79 Å². The average Bonchev–Trinajstić information content (AvgIpc) is 2.46. The van der Waals surface area contributed by atoms with Gasteiger partial charge in [0.15, 0.2) is 0 Å².